The summed E-state index contributed by atoms with van der Waals surface area (Å²) < 4.78 is 5.71. The van der Waals surface area contributed by atoms with E-state index >= 15 is 0 Å². The van der Waals surface area contributed by atoms with Crippen molar-refractivity contribution < 1.29 is 14.3 Å². The van der Waals surface area contributed by atoms with Crippen LogP contribution in [0, 0.1) is 0 Å². The van der Waals surface area contributed by atoms with Gasteiger partial charge >= 0.3 is 0 Å². The lowest BCUT2D eigenvalue weighted by Crippen LogP contribution is -2.50. The Labute approximate surface area is 187 Å². The molecule has 4 heterocycles. The fraction of sp³-hybridized carbons (Fsp3) is 0.227. The van der Waals surface area contributed by atoms with Gasteiger partial charge < -0.3 is 15.4 Å². The summed E-state index contributed by atoms with van der Waals surface area (Å²) in [6.45, 7) is 0.296. The average Bonchev–Trinajstić information content (AvgIpc) is 3.54. The molecule has 0 radical (unpaired) electrons. The zero-order chi connectivity index (χ0) is 21.4. The zero-order valence-corrected chi connectivity index (χ0v) is 18.1. The fourth-order valence-corrected chi connectivity index (χ4v) is 5.41. The number of hydrazone groups is 1. The number of nitrogens with zero attached hydrogens (tertiary/aromatic N) is 3. The van der Waals surface area contributed by atoms with Crippen LogP contribution >= 0.6 is 22.7 Å². The Hall–Kier alpha value is -3.17. The van der Waals surface area contributed by atoms with Gasteiger partial charge in [-0.1, -0.05) is 24.3 Å². The Kier molecular flexibility index (Phi) is 5.21. The van der Waals surface area contributed by atoms with Crippen LogP contribution in [0.3, 0.4) is 0 Å². The number of fused-ring (bicyclic) bond motifs is 1. The summed E-state index contributed by atoms with van der Waals surface area (Å²) >= 11 is 3.24. The first-order valence-electron chi connectivity index (χ1n) is 9.87. The van der Waals surface area contributed by atoms with Gasteiger partial charge in [0.15, 0.2) is 6.10 Å². The van der Waals surface area contributed by atoms with Gasteiger partial charge in [-0.25, -0.2) is 5.01 Å². The van der Waals surface area contributed by atoms with E-state index in [2.05, 4.69) is 0 Å². The first kappa shape index (κ1) is 19.8. The van der Waals surface area contributed by atoms with Gasteiger partial charge in [-0.2, -0.15) is 5.10 Å². The summed E-state index contributed by atoms with van der Waals surface area (Å²) in [6.07, 6.45) is -0.129. The molecule has 1 aromatic carbocycles. The van der Waals surface area contributed by atoms with Gasteiger partial charge in [0.2, 0.25) is 0 Å². The van der Waals surface area contributed by atoms with Crippen molar-refractivity contribution in [3.8, 4) is 5.75 Å². The van der Waals surface area contributed by atoms with E-state index in [1.807, 2.05) is 58.1 Å². The van der Waals surface area contributed by atoms with E-state index in [1.165, 1.54) is 0 Å². The summed E-state index contributed by atoms with van der Waals surface area (Å²) in [5, 5.41) is 10.3. The molecule has 31 heavy (non-hydrogen) atoms. The number of para-hydroxylation sites is 2. The van der Waals surface area contributed by atoms with Crippen LogP contribution < -0.4 is 15.4 Å². The van der Waals surface area contributed by atoms with Crippen molar-refractivity contribution in [3.63, 3.8) is 0 Å². The largest absolute Gasteiger partial charge is 0.477 e. The van der Waals surface area contributed by atoms with Gasteiger partial charge in [0.25, 0.3) is 11.8 Å². The van der Waals surface area contributed by atoms with Crippen LogP contribution in [0.2, 0.25) is 0 Å². The predicted octanol–water partition coefficient (Wildman–Crippen LogP) is 3.24. The monoisotopic (exact) mass is 452 g/mol. The van der Waals surface area contributed by atoms with E-state index in [1.54, 1.807) is 33.7 Å². The van der Waals surface area contributed by atoms with Crippen LogP contribution in [0.15, 0.2) is 64.4 Å². The number of carbonyl (C=O) groups excluding carboxylic acids is 2. The van der Waals surface area contributed by atoms with Crippen molar-refractivity contribution >= 4 is 45.9 Å². The Bertz CT molecular complexity index is 1130. The number of ether oxygens (including phenoxy) is 1. The lowest BCUT2D eigenvalue weighted by atomic mass is 10.1. The molecule has 2 N–H and O–H groups in total. The Morgan fingerprint density at radius 2 is 1.90 bits per heavy atom. The van der Waals surface area contributed by atoms with Crippen LogP contribution in [0.4, 0.5) is 5.69 Å². The van der Waals surface area contributed by atoms with E-state index in [4.69, 9.17) is 15.6 Å². The first-order valence-corrected chi connectivity index (χ1v) is 11.6. The Morgan fingerprint density at radius 3 is 2.65 bits per heavy atom. The maximum Gasteiger partial charge on any atom is 0.262 e. The second-order valence-electron chi connectivity index (χ2n) is 7.35. The molecular weight excluding hydrogens is 432 g/mol. The second-order valence-corrected chi connectivity index (χ2v) is 9.28. The SMILES string of the molecule is NC(=O)[C@@H]1CN(CC(=O)N2N=C(c3cccs3)C[C@@H]2c2cccs2)c2ccccc2O1. The molecule has 2 aliphatic rings. The minimum Gasteiger partial charge on any atom is -0.477 e. The smallest absolute Gasteiger partial charge is 0.262 e. The highest BCUT2D eigenvalue weighted by Gasteiger charge is 2.36. The van der Waals surface area contributed by atoms with Crippen LogP contribution in [-0.2, 0) is 9.59 Å². The summed E-state index contributed by atoms with van der Waals surface area (Å²) in [5.74, 6) is -0.142. The zero-order valence-electron chi connectivity index (χ0n) is 16.5. The number of nitrogens with two attached hydrogens (primary N) is 1. The molecule has 0 unspecified atom stereocenters. The molecule has 2 atom stereocenters. The van der Waals surface area contributed by atoms with Gasteiger partial charge in [0.05, 0.1) is 35.4 Å². The number of benzene rings is 1. The van der Waals surface area contributed by atoms with Crippen LogP contribution in [0.5, 0.6) is 5.75 Å². The minimum absolute atomic E-state index is 0.0766. The molecule has 9 heteroatoms. The number of thiophene rings is 2. The molecule has 0 fully saturated rings. The highest BCUT2D eigenvalue weighted by Crippen LogP contribution is 2.37. The predicted molar refractivity (Wildman–Crippen MR) is 122 cm³/mol. The highest BCUT2D eigenvalue weighted by molar-refractivity contribution is 7.12. The van der Waals surface area contributed by atoms with Gasteiger partial charge in [-0.3, -0.25) is 9.59 Å². The van der Waals surface area contributed by atoms with Crippen molar-refractivity contribution in [2.45, 2.75) is 18.6 Å². The van der Waals surface area contributed by atoms with E-state index in [9.17, 15) is 9.59 Å². The average molecular weight is 453 g/mol. The maximum absolute atomic E-state index is 13.4. The standard InChI is InChI=1S/C22H20N4O3S2/c23-22(28)18-12-25(15-5-1-2-6-17(15)29-18)13-21(27)26-16(20-8-4-10-31-20)11-14(24-26)19-7-3-9-30-19/h1-10,16,18H,11-13H2,(H2,23,28)/t16-,18+/m1/s1. The molecule has 2 aromatic heterocycles. The molecule has 2 amide bonds. The molecule has 7 nitrogen and oxygen atoms in total. The minimum atomic E-state index is -0.806. The number of rotatable bonds is 5. The lowest BCUT2D eigenvalue weighted by Gasteiger charge is -2.35. The van der Waals surface area contributed by atoms with Gasteiger partial charge in [0, 0.05) is 11.3 Å². The molecular formula is C22H20N4O3S2. The second kappa shape index (κ2) is 8.16. The van der Waals surface area contributed by atoms with Crippen LogP contribution in [-0.4, -0.2) is 41.7 Å². The van der Waals surface area contributed by atoms with Crippen molar-refractivity contribution in [2.75, 3.05) is 18.0 Å². The Balaban J connectivity index is 1.43. The van der Waals surface area contributed by atoms with Crippen molar-refractivity contribution in [2.24, 2.45) is 10.8 Å². The summed E-state index contributed by atoms with van der Waals surface area (Å²) in [7, 11) is 0. The van der Waals surface area contributed by atoms with Gasteiger partial charge in [0.1, 0.15) is 5.75 Å². The molecule has 2 aliphatic heterocycles. The number of hydrogen-bond donors (Lipinski definition) is 1. The number of amides is 2. The quantitative estimate of drug-likeness (QED) is 0.644. The van der Waals surface area contributed by atoms with Gasteiger partial charge in [-0.15, -0.1) is 22.7 Å². The number of primary amides is 1. The fourth-order valence-electron chi connectivity index (χ4n) is 3.87. The summed E-state index contributed by atoms with van der Waals surface area (Å²) in [6, 6.07) is 15.3. The molecule has 0 saturated carbocycles. The third kappa shape index (κ3) is 3.82. The first-order chi connectivity index (χ1) is 15.1. The van der Waals surface area contributed by atoms with Gasteiger partial charge in [-0.05, 0) is 35.0 Å². The highest BCUT2D eigenvalue weighted by atomic mass is 32.1. The third-order valence-electron chi connectivity index (χ3n) is 5.35. The molecule has 5 rings (SSSR count). The van der Waals surface area contributed by atoms with E-state index in [-0.39, 0.29) is 25.0 Å². The maximum atomic E-state index is 13.4. The van der Waals surface area contributed by atoms with E-state index in [0.717, 1.165) is 21.2 Å². The number of carbonyl (C=O) groups is 2. The van der Waals surface area contributed by atoms with Crippen LogP contribution in [0.25, 0.3) is 0 Å². The molecule has 0 aliphatic carbocycles. The van der Waals surface area contributed by atoms with Crippen molar-refractivity contribution in [1.82, 2.24) is 5.01 Å². The normalized spacial score (nSPS) is 20.2. The molecule has 0 bridgehead atoms. The molecule has 158 valence electrons. The lowest BCUT2D eigenvalue weighted by molar-refractivity contribution is -0.132. The van der Waals surface area contributed by atoms with E-state index < -0.39 is 12.0 Å². The van der Waals surface area contributed by atoms with Crippen molar-refractivity contribution in [3.05, 3.63) is 69.0 Å². The molecule has 0 spiro atoms. The number of hydrogen-bond acceptors (Lipinski definition) is 7. The molecule has 0 saturated heterocycles. The van der Waals surface area contributed by atoms with Crippen LogP contribution in [0.1, 0.15) is 22.2 Å². The summed E-state index contributed by atoms with van der Waals surface area (Å²) in [4.78, 5) is 29.3. The third-order valence-corrected chi connectivity index (χ3v) is 7.24. The topological polar surface area (TPSA) is 88.2 Å². The Morgan fingerprint density at radius 1 is 1.10 bits per heavy atom. The van der Waals surface area contributed by atoms with Crippen molar-refractivity contribution in [1.29, 1.82) is 0 Å². The summed E-state index contributed by atoms with van der Waals surface area (Å²) in [5.41, 5.74) is 7.18. The number of anilines is 1. The van der Waals surface area contributed by atoms with E-state index in [0.29, 0.717) is 12.2 Å². The molecule has 3 aromatic rings.